The summed E-state index contributed by atoms with van der Waals surface area (Å²) in [6, 6.07) is 0. The predicted octanol–water partition coefficient (Wildman–Crippen LogP) is 0.617. The monoisotopic (exact) mass is 303 g/mol. The first-order chi connectivity index (χ1) is 10.3. The SMILES string of the molecule is [B]c1nn(CC2COC2)c2c1CN(C(=O)OC(C)(C)C)CC2. The van der Waals surface area contributed by atoms with Gasteiger partial charge in [0.15, 0.2) is 0 Å². The number of nitrogens with zero attached hydrogens (tertiary/aromatic N) is 3. The summed E-state index contributed by atoms with van der Waals surface area (Å²) in [5, 5.41) is 4.44. The van der Waals surface area contributed by atoms with Gasteiger partial charge in [0.2, 0.25) is 0 Å². The van der Waals surface area contributed by atoms with Gasteiger partial charge in [0.1, 0.15) is 13.4 Å². The van der Waals surface area contributed by atoms with Crippen molar-refractivity contribution in [1.82, 2.24) is 14.7 Å². The van der Waals surface area contributed by atoms with Crippen molar-refractivity contribution in [2.75, 3.05) is 19.8 Å². The Bertz CT molecular complexity index is 575. The summed E-state index contributed by atoms with van der Waals surface area (Å²) >= 11 is 0. The summed E-state index contributed by atoms with van der Waals surface area (Å²) in [6.07, 6.45) is 0.463. The molecule has 0 aromatic carbocycles. The molecule has 0 saturated carbocycles. The number of hydrogen-bond donors (Lipinski definition) is 0. The minimum atomic E-state index is -0.489. The smallest absolute Gasteiger partial charge is 0.410 e. The highest BCUT2D eigenvalue weighted by molar-refractivity contribution is 6.31. The van der Waals surface area contributed by atoms with E-state index in [0.717, 1.165) is 37.4 Å². The summed E-state index contributed by atoms with van der Waals surface area (Å²) < 4.78 is 12.6. The molecule has 3 rings (SSSR count). The van der Waals surface area contributed by atoms with Gasteiger partial charge >= 0.3 is 6.09 Å². The molecule has 0 aliphatic carbocycles. The molecule has 2 radical (unpaired) electrons. The number of amides is 1. The third-order valence-electron chi connectivity index (χ3n) is 3.95. The lowest BCUT2D eigenvalue weighted by atomic mass is 9.94. The van der Waals surface area contributed by atoms with Crippen molar-refractivity contribution in [2.45, 2.75) is 45.9 Å². The van der Waals surface area contributed by atoms with E-state index in [4.69, 9.17) is 17.3 Å². The van der Waals surface area contributed by atoms with Gasteiger partial charge in [-0.2, -0.15) is 5.10 Å². The second-order valence-electron chi connectivity index (χ2n) is 7.05. The molecule has 22 heavy (non-hydrogen) atoms. The van der Waals surface area contributed by atoms with Gasteiger partial charge in [-0.1, -0.05) is 0 Å². The van der Waals surface area contributed by atoms with E-state index in [1.54, 1.807) is 4.90 Å². The van der Waals surface area contributed by atoms with Crippen LogP contribution in [0.1, 0.15) is 32.0 Å². The Morgan fingerprint density at radius 3 is 2.77 bits per heavy atom. The summed E-state index contributed by atoms with van der Waals surface area (Å²) in [5.74, 6) is 0.521. The highest BCUT2D eigenvalue weighted by atomic mass is 16.6. The molecule has 6 nitrogen and oxygen atoms in total. The molecular weight excluding hydrogens is 281 g/mol. The first-order valence-electron chi connectivity index (χ1n) is 7.73. The van der Waals surface area contributed by atoms with E-state index >= 15 is 0 Å². The Labute approximate surface area is 132 Å². The van der Waals surface area contributed by atoms with Crippen molar-refractivity contribution < 1.29 is 14.3 Å². The Balaban J connectivity index is 1.71. The molecular formula is C15H22BN3O3. The Hall–Kier alpha value is -1.50. The number of carbonyl (C=O) groups excluding carboxylic acids is 1. The first-order valence-corrected chi connectivity index (χ1v) is 7.73. The quantitative estimate of drug-likeness (QED) is 0.752. The van der Waals surface area contributed by atoms with Gasteiger partial charge in [-0.3, -0.25) is 4.68 Å². The zero-order valence-corrected chi connectivity index (χ0v) is 13.5. The van der Waals surface area contributed by atoms with E-state index in [0.29, 0.717) is 24.6 Å². The largest absolute Gasteiger partial charge is 0.444 e. The summed E-state index contributed by atoms with van der Waals surface area (Å²) in [6.45, 7) is 9.13. The van der Waals surface area contributed by atoms with Gasteiger partial charge < -0.3 is 14.4 Å². The van der Waals surface area contributed by atoms with Gasteiger partial charge in [-0.05, 0) is 20.8 Å². The normalized spacial score (nSPS) is 18.8. The maximum Gasteiger partial charge on any atom is 0.410 e. The van der Waals surface area contributed by atoms with E-state index in [1.165, 1.54) is 0 Å². The van der Waals surface area contributed by atoms with Crippen molar-refractivity contribution in [3.8, 4) is 0 Å². The van der Waals surface area contributed by atoms with E-state index in [2.05, 4.69) is 5.10 Å². The standard InChI is InChI=1S/C15H22BN3O3/c1-15(2,3)22-14(20)18-5-4-12-11(7-18)13(16)17-19(12)6-10-8-21-9-10/h10H,4-9H2,1-3H3. The van der Waals surface area contributed by atoms with Crippen LogP contribution in [-0.2, 0) is 29.0 Å². The molecule has 0 atom stereocenters. The number of aromatic nitrogens is 2. The minimum absolute atomic E-state index is 0.294. The molecule has 1 amide bonds. The fourth-order valence-electron chi connectivity index (χ4n) is 2.79. The fraction of sp³-hybridized carbons (Fsp3) is 0.733. The molecule has 7 heteroatoms. The van der Waals surface area contributed by atoms with Gasteiger partial charge in [0, 0.05) is 42.3 Å². The topological polar surface area (TPSA) is 56.6 Å². The van der Waals surface area contributed by atoms with Crippen LogP contribution in [0, 0.1) is 5.92 Å². The van der Waals surface area contributed by atoms with Gasteiger partial charge in [-0.15, -0.1) is 0 Å². The van der Waals surface area contributed by atoms with Crippen molar-refractivity contribution >= 4 is 19.5 Å². The van der Waals surface area contributed by atoms with E-state index < -0.39 is 5.60 Å². The summed E-state index contributed by atoms with van der Waals surface area (Å²) in [7, 11) is 6.04. The second kappa shape index (κ2) is 5.61. The highest BCUT2D eigenvalue weighted by Crippen LogP contribution is 2.21. The zero-order chi connectivity index (χ0) is 15.9. The molecule has 1 fully saturated rings. The Kier molecular flexibility index (Phi) is 3.93. The van der Waals surface area contributed by atoms with Crippen LogP contribution < -0.4 is 5.59 Å². The summed E-state index contributed by atoms with van der Waals surface area (Å²) in [4.78, 5) is 13.9. The van der Waals surface area contributed by atoms with Crippen LogP contribution in [0.25, 0.3) is 0 Å². The van der Waals surface area contributed by atoms with Crippen LogP contribution in [0.3, 0.4) is 0 Å². The molecule has 2 aliphatic rings. The molecule has 118 valence electrons. The number of ether oxygens (including phenoxy) is 2. The second-order valence-corrected chi connectivity index (χ2v) is 7.05. The van der Waals surface area contributed by atoms with Gasteiger partial charge in [-0.25, -0.2) is 4.79 Å². The first kappa shape index (κ1) is 15.4. The van der Waals surface area contributed by atoms with Crippen LogP contribution in [-0.4, -0.2) is 54.0 Å². The van der Waals surface area contributed by atoms with Gasteiger partial charge in [0.25, 0.3) is 0 Å². The van der Waals surface area contributed by atoms with Crippen molar-refractivity contribution in [2.24, 2.45) is 5.92 Å². The van der Waals surface area contributed by atoms with Crippen molar-refractivity contribution in [3.63, 3.8) is 0 Å². The third kappa shape index (κ3) is 3.14. The van der Waals surface area contributed by atoms with Crippen LogP contribution in [0.5, 0.6) is 0 Å². The Morgan fingerprint density at radius 2 is 2.18 bits per heavy atom. The van der Waals surface area contributed by atoms with Crippen LogP contribution in [0.15, 0.2) is 0 Å². The van der Waals surface area contributed by atoms with E-state index in [1.807, 2.05) is 25.5 Å². The number of hydrogen-bond acceptors (Lipinski definition) is 4. The van der Waals surface area contributed by atoms with Crippen LogP contribution >= 0.6 is 0 Å². The average Bonchev–Trinajstić information content (AvgIpc) is 2.68. The van der Waals surface area contributed by atoms with Crippen LogP contribution in [0.4, 0.5) is 4.79 Å². The van der Waals surface area contributed by atoms with E-state index in [9.17, 15) is 4.79 Å². The highest BCUT2D eigenvalue weighted by Gasteiger charge is 2.30. The molecule has 1 aromatic rings. The summed E-state index contributed by atoms with van der Waals surface area (Å²) in [5.41, 5.74) is 2.13. The molecule has 0 spiro atoms. The van der Waals surface area contributed by atoms with Gasteiger partial charge in [0.05, 0.1) is 19.8 Å². The minimum Gasteiger partial charge on any atom is -0.444 e. The lowest BCUT2D eigenvalue weighted by molar-refractivity contribution is -0.0412. The number of rotatable bonds is 2. The zero-order valence-electron chi connectivity index (χ0n) is 13.5. The van der Waals surface area contributed by atoms with Crippen molar-refractivity contribution in [3.05, 3.63) is 11.3 Å². The molecule has 3 heterocycles. The van der Waals surface area contributed by atoms with E-state index in [-0.39, 0.29) is 6.09 Å². The molecule has 0 bridgehead atoms. The fourth-order valence-corrected chi connectivity index (χ4v) is 2.79. The Morgan fingerprint density at radius 1 is 1.45 bits per heavy atom. The molecule has 2 aliphatic heterocycles. The molecule has 0 unspecified atom stereocenters. The lowest BCUT2D eigenvalue weighted by Crippen LogP contribution is -2.41. The van der Waals surface area contributed by atoms with Crippen molar-refractivity contribution in [1.29, 1.82) is 0 Å². The lowest BCUT2D eigenvalue weighted by Gasteiger charge is -2.31. The average molecular weight is 303 g/mol. The number of carbonyl (C=O) groups is 1. The van der Waals surface area contributed by atoms with Crippen LogP contribution in [0.2, 0.25) is 0 Å². The molecule has 0 N–H and O–H groups in total. The predicted molar refractivity (Wildman–Crippen MR) is 82.3 cm³/mol. The maximum atomic E-state index is 12.2. The molecule has 1 saturated heterocycles. The number of fused-ring (bicyclic) bond motifs is 1. The maximum absolute atomic E-state index is 12.2. The third-order valence-corrected chi connectivity index (χ3v) is 3.95. The molecule has 1 aromatic heterocycles.